The van der Waals surface area contributed by atoms with E-state index in [4.69, 9.17) is 9.47 Å². The zero-order chi connectivity index (χ0) is 37.9. The maximum absolute atomic E-state index is 13.6. The molecular formula is C37H48N6O9S. The van der Waals surface area contributed by atoms with Gasteiger partial charge in [-0.3, -0.25) is 23.9 Å². The minimum absolute atomic E-state index is 0.127. The van der Waals surface area contributed by atoms with E-state index in [0.29, 0.717) is 81.6 Å². The number of aromatic nitrogens is 1. The van der Waals surface area contributed by atoms with Crippen LogP contribution in [0.5, 0.6) is 5.75 Å². The second kappa shape index (κ2) is 15.7. The molecule has 5 amide bonds. The summed E-state index contributed by atoms with van der Waals surface area (Å²) < 4.78 is 38.1. The van der Waals surface area contributed by atoms with Crippen molar-refractivity contribution in [3.8, 4) is 5.75 Å². The smallest absolute Gasteiger partial charge is 0.318 e. The number of allylic oxidation sites excluding steroid dienone is 1. The summed E-state index contributed by atoms with van der Waals surface area (Å²) in [5.74, 6) is -1.49. The van der Waals surface area contributed by atoms with Crippen molar-refractivity contribution in [3.63, 3.8) is 0 Å². The number of amides is 5. The number of unbranched alkanes of at least 4 members (excludes halogenated alkanes) is 1. The normalized spacial score (nSPS) is 23.4. The number of nitrogens with one attached hydrogen (secondary N) is 4. The minimum Gasteiger partial charge on any atom is -0.497 e. The van der Waals surface area contributed by atoms with Gasteiger partial charge in [-0.2, -0.15) is 0 Å². The van der Waals surface area contributed by atoms with E-state index in [-0.39, 0.29) is 18.1 Å². The number of fused-ring (bicyclic) bond motifs is 1. The molecule has 2 saturated carbocycles. The summed E-state index contributed by atoms with van der Waals surface area (Å²) in [7, 11) is -2.24. The number of hydrogen-bond acceptors (Lipinski definition) is 9. The number of nitrogens with zero attached hydrogens (tertiary/aromatic N) is 2. The first kappa shape index (κ1) is 38.0. The first-order chi connectivity index (χ1) is 25.4. The lowest BCUT2D eigenvalue weighted by molar-refractivity contribution is -0.141. The van der Waals surface area contributed by atoms with Crippen LogP contribution >= 0.6 is 0 Å². The van der Waals surface area contributed by atoms with E-state index >= 15 is 0 Å². The van der Waals surface area contributed by atoms with E-state index < -0.39 is 62.6 Å². The van der Waals surface area contributed by atoms with Gasteiger partial charge in [-0.25, -0.2) is 13.2 Å². The van der Waals surface area contributed by atoms with Crippen LogP contribution in [0, 0.1) is 5.92 Å². The Balaban J connectivity index is 0.927. The van der Waals surface area contributed by atoms with Crippen molar-refractivity contribution in [2.75, 3.05) is 33.4 Å². The van der Waals surface area contributed by atoms with Gasteiger partial charge in [0.15, 0.2) is 0 Å². The van der Waals surface area contributed by atoms with Crippen molar-refractivity contribution in [2.24, 2.45) is 5.92 Å². The monoisotopic (exact) mass is 752 g/mol. The Kier molecular flexibility index (Phi) is 11.3. The van der Waals surface area contributed by atoms with Gasteiger partial charge in [-0.1, -0.05) is 25.2 Å². The third-order valence-corrected chi connectivity index (χ3v) is 12.3. The number of hydrogen-bond donors (Lipinski definition) is 4. The molecule has 286 valence electrons. The summed E-state index contributed by atoms with van der Waals surface area (Å²) in [6, 6.07) is 5.24. The van der Waals surface area contributed by atoms with Gasteiger partial charge < -0.3 is 34.9 Å². The number of carbonyl (C=O) groups excluding carboxylic acids is 4. The third-order valence-electron chi connectivity index (χ3n) is 10.5. The van der Waals surface area contributed by atoms with Crippen LogP contribution in [-0.2, 0) is 29.1 Å². The Morgan fingerprint density at radius 2 is 1.92 bits per heavy atom. The number of sulfonamides is 1. The highest BCUT2D eigenvalue weighted by Crippen LogP contribution is 2.45. The predicted molar refractivity (Wildman–Crippen MR) is 197 cm³/mol. The molecule has 2 saturated heterocycles. The van der Waals surface area contributed by atoms with Crippen LogP contribution in [0.4, 0.5) is 4.79 Å². The lowest BCUT2D eigenvalue weighted by Gasteiger charge is -2.39. The van der Waals surface area contributed by atoms with Gasteiger partial charge >= 0.3 is 6.03 Å². The molecule has 4 atom stereocenters. The fraction of sp³-hybridized carbons (Fsp3) is 0.541. The second-order valence-corrected chi connectivity index (χ2v) is 16.2. The topological polar surface area (TPSA) is 196 Å². The molecule has 3 heterocycles. The third kappa shape index (κ3) is 8.43. The van der Waals surface area contributed by atoms with Crippen molar-refractivity contribution in [3.05, 3.63) is 58.9 Å². The molecule has 2 aromatic rings. The van der Waals surface area contributed by atoms with Gasteiger partial charge in [0, 0.05) is 30.7 Å². The molecule has 1 aromatic heterocycles. The largest absolute Gasteiger partial charge is 0.497 e. The molecule has 0 unspecified atom stereocenters. The number of rotatable bonds is 16. The van der Waals surface area contributed by atoms with Crippen LogP contribution in [0.15, 0.2) is 47.8 Å². The zero-order valence-corrected chi connectivity index (χ0v) is 30.9. The molecule has 4 fully saturated rings. The van der Waals surface area contributed by atoms with E-state index in [1.807, 2.05) is 24.3 Å². The molecule has 2 aliphatic heterocycles. The number of urea groups is 1. The van der Waals surface area contributed by atoms with Crippen molar-refractivity contribution >= 4 is 50.8 Å². The molecule has 4 aliphatic rings. The summed E-state index contributed by atoms with van der Waals surface area (Å²) in [5.41, 5.74) is -0.344. The van der Waals surface area contributed by atoms with E-state index in [0.717, 1.165) is 11.8 Å². The van der Waals surface area contributed by atoms with Gasteiger partial charge in [0.2, 0.25) is 21.8 Å². The highest BCUT2D eigenvalue weighted by Gasteiger charge is 2.61. The van der Waals surface area contributed by atoms with Crippen LogP contribution < -0.4 is 25.7 Å². The molecule has 16 heteroatoms. The van der Waals surface area contributed by atoms with E-state index in [1.54, 1.807) is 31.1 Å². The summed E-state index contributed by atoms with van der Waals surface area (Å²) in [4.78, 5) is 71.6. The highest BCUT2D eigenvalue weighted by molar-refractivity contribution is 7.91. The quantitative estimate of drug-likeness (QED) is 0.147. The SMILES string of the molecule is C=C[C@@H]1C[C@]1(NC(=O)[C@@H]1CCCN1C(=O)[C@H](CC)NC(=O)N1CC(OCCC/C=C/c2cc3ccc(OC)cc3[nH]c2=O)C1)C(=O)NS(=O)(=O)C1CC1. The summed E-state index contributed by atoms with van der Waals surface area (Å²) in [5, 5.41) is 5.86. The molecule has 2 aliphatic carbocycles. The van der Waals surface area contributed by atoms with Crippen molar-refractivity contribution in [2.45, 2.75) is 87.3 Å². The number of likely N-dealkylation sites (tertiary alicyclic amines) is 2. The van der Waals surface area contributed by atoms with E-state index in [2.05, 4.69) is 26.9 Å². The lowest BCUT2D eigenvalue weighted by atomic mass is 10.1. The Labute approximate surface area is 308 Å². The standard InChI is InChI=1S/C37H48N6O9S/c1-4-25-20-37(25,35(47)41-53(49,50)28-14-15-28)40-33(45)31-11-9-16-43(31)34(46)29(5-2)39-36(48)42-21-27(22-42)52-17-8-6-7-10-24-18-23-12-13-26(51-3)19-30(23)38-32(24)44/h4,7,10,12-13,18-19,25,27-29,31H,1,5-6,8-9,11,14-17,20-22H2,2-3H3,(H,38,44)(H,39,48)(H,40,45)(H,41,47)/b10-7+/t25-,29+,31+,37-/m1/s1. The van der Waals surface area contributed by atoms with Crippen LogP contribution in [0.25, 0.3) is 17.0 Å². The molecule has 0 bridgehead atoms. The van der Waals surface area contributed by atoms with Crippen LogP contribution in [0.3, 0.4) is 0 Å². The van der Waals surface area contributed by atoms with Crippen LogP contribution in [-0.4, -0.2) is 109 Å². The maximum atomic E-state index is 13.6. The second-order valence-electron chi connectivity index (χ2n) is 14.2. The Bertz CT molecular complexity index is 1950. The zero-order valence-electron chi connectivity index (χ0n) is 30.1. The van der Waals surface area contributed by atoms with Crippen LogP contribution in [0.1, 0.15) is 63.9 Å². The van der Waals surface area contributed by atoms with Gasteiger partial charge in [-0.05, 0) is 75.0 Å². The molecule has 0 spiro atoms. The summed E-state index contributed by atoms with van der Waals surface area (Å²) in [6.45, 7) is 7.05. The Hall–Kier alpha value is -4.70. The molecule has 15 nitrogen and oxygen atoms in total. The Morgan fingerprint density at radius 3 is 2.60 bits per heavy atom. The van der Waals surface area contributed by atoms with E-state index in [9.17, 15) is 32.4 Å². The number of benzene rings is 1. The number of ether oxygens (including phenoxy) is 2. The molecule has 0 radical (unpaired) electrons. The number of carbonyl (C=O) groups is 4. The molecular weight excluding hydrogens is 705 g/mol. The van der Waals surface area contributed by atoms with Crippen molar-refractivity contribution in [1.82, 2.24) is 30.1 Å². The highest BCUT2D eigenvalue weighted by atomic mass is 32.2. The summed E-state index contributed by atoms with van der Waals surface area (Å²) in [6.07, 6.45) is 8.99. The lowest BCUT2D eigenvalue weighted by Crippen LogP contribution is -2.61. The first-order valence-electron chi connectivity index (χ1n) is 18.2. The molecule has 1 aromatic carbocycles. The number of methoxy groups -OCH3 is 1. The van der Waals surface area contributed by atoms with Gasteiger partial charge in [0.1, 0.15) is 23.4 Å². The summed E-state index contributed by atoms with van der Waals surface area (Å²) >= 11 is 0. The van der Waals surface area contributed by atoms with Gasteiger partial charge in [-0.15, -0.1) is 6.58 Å². The number of aromatic amines is 1. The first-order valence-corrected chi connectivity index (χ1v) is 19.8. The molecule has 53 heavy (non-hydrogen) atoms. The maximum Gasteiger partial charge on any atom is 0.318 e. The molecule has 4 N–H and O–H groups in total. The van der Waals surface area contributed by atoms with Crippen molar-refractivity contribution < 1.29 is 37.1 Å². The fourth-order valence-electron chi connectivity index (χ4n) is 6.92. The molecule has 6 rings (SSSR count). The van der Waals surface area contributed by atoms with Crippen LogP contribution in [0.2, 0.25) is 0 Å². The average Bonchev–Trinajstić information content (AvgIpc) is 4.04. The average molecular weight is 753 g/mol. The van der Waals surface area contributed by atoms with Gasteiger partial charge in [0.05, 0.1) is 37.1 Å². The van der Waals surface area contributed by atoms with Gasteiger partial charge in [0.25, 0.3) is 11.5 Å². The number of pyridine rings is 1. The van der Waals surface area contributed by atoms with E-state index in [1.165, 1.54) is 11.0 Å². The van der Waals surface area contributed by atoms with Crippen molar-refractivity contribution in [1.29, 1.82) is 0 Å². The Morgan fingerprint density at radius 1 is 1.15 bits per heavy atom. The number of H-pyrrole nitrogens is 1. The predicted octanol–water partition coefficient (Wildman–Crippen LogP) is 2.18. The fourth-order valence-corrected chi connectivity index (χ4v) is 8.28. The minimum atomic E-state index is -3.82.